The van der Waals surface area contributed by atoms with E-state index < -0.39 is 54.1 Å². The number of imide groups is 1. The van der Waals surface area contributed by atoms with E-state index in [1.54, 1.807) is 55.1 Å². The number of likely N-dealkylation sites (N-methyl/N-ethyl adjacent to an activating group) is 2. The van der Waals surface area contributed by atoms with Crippen LogP contribution in [0.4, 0.5) is 5.69 Å². The predicted octanol–water partition coefficient (Wildman–Crippen LogP) is 4.32. The molecule has 3 N–H and O–H groups in total. The molecular weight excluding hydrogens is 867 g/mol. The van der Waals surface area contributed by atoms with E-state index in [1.165, 1.54) is 19.3 Å². The average Bonchev–Trinajstić information content (AvgIpc) is 4.14. The van der Waals surface area contributed by atoms with E-state index >= 15 is 0 Å². The van der Waals surface area contributed by atoms with Gasteiger partial charge in [0.05, 0.1) is 49.2 Å². The number of hydrogen-bond donors (Lipinski definition) is 3. The van der Waals surface area contributed by atoms with Gasteiger partial charge in [-0.1, -0.05) is 83.5 Å². The first-order valence-corrected chi connectivity index (χ1v) is 24.4. The van der Waals surface area contributed by atoms with Crippen LogP contribution in [0.1, 0.15) is 90.7 Å². The van der Waals surface area contributed by atoms with Gasteiger partial charge < -0.3 is 35.2 Å². The Bertz CT molecular complexity index is 2130. The molecule has 4 aliphatic rings. The van der Waals surface area contributed by atoms with E-state index in [9.17, 15) is 33.6 Å². The molecule has 370 valence electrons. The van der Waals surface area contributed by atoms with Crippen molar-refractivity contribution >= 4 is 47.0 Å². The minimum absolute atomic E-state index is 0.0166. The zero-order valence-corrected chi connectivity index (χ0v) is 41.3. The lowest BCUT2D eigenvalue weighted by atomic mass is 9.89. The monoisotopic (exact) mass is 940 g/mol. The molecule has 2 saturated heterocycles. The maximum atomic E-state index is 14.5. The first kappa shape index (κ1) is 51.9. The largest absolute Gasteiger partial charge is 0.379 e. The highest BCUT2D eigenvalue weighted by atomic mass is 16.5. The Morgan fingerprint density at radius 2 is 1.51 bits per heavy atom. The minimum Gasteiger partial charge on any atom is -0.379 e. The molecular formula is C52H73N7O9. The van der Waals surface area contributed by atoms with Crippen molar-refractivity contribution in [3.05, 3.63) is 77.9 Å². The molecule has 3 fully saturated rings. The quantitative estimate of drug-likeness (QED) is 0.144. The van der Waals surface area contributed by atoms with Gasteiger partial charge >= 0.3 is 0 Å². The van der Waals surface area contributed by atoms with E-state index in [1.807, 2.05) is 65.1 Å². The summed E-state index contributed by atoms with van der Waals surface area (Å²) in [5, 5.41) is 9.02. The number of fused-ring (bicyclic) bond motifs is 2. The van der Waals surface area contributed by atoms with Crippen LogP contribution in [0, 0.1) is 23.7 Å². The van der Waals surface area contributed by atoms with E-state index in [-0.39, 0.29) is 66.8 Å². The summed E-state index contributed by atoms with van der Waals surface area (Å²) in [6.07, 6.45) is 6.41. The first-order chi connectivity index (χ1) is 32.5. The number of amides is 7. The average molecular weight is 940 g/mol. The van der Waals surface area contributed by atoms with Gasteiger partial charge in [0.2, 0.25) is 29.5 Å². The number of nitrogens with one attached hydrogen (secondary N) is 3. The summed E-state index contributed by atoms with van der Waals surface area (Å²) in [4.78, 5) is 102. The maximum Gasteiger partial charge on any atom is 0.253 e. The number of carbonyl (C=O) groups is 7. The molecule has 7 amide bonds. The zero-order chi connectivity index (χ0) is 49.4. The normalized spacial score (nSPS) is 23.3. The van der Waals surface area contributed by atoms with E-state index in [2.05, 4.69) is 20.9 Å². The lowest BCUT2D eigenvalue weighted by Gasteiger charge is -2.41. The molecule has 6 rings (SSSR count). The molecule has 2 bridgehead atoms. The predicted molar refractivity (Wildman–Crippen MR) is 257 cm³/mol. The van der Waals surface area contributed by atoms with Crippen LogP contribution in [-0.2, 0) is 56.0 Å². The van der Waals surface area contributed by atoms with Gasteiger partial charge in [0.1, 0.15) is 12.1 Å². The molecule has 0 aromatic heterocycles. The molecule has 2 aromatic rings. The Morgan fingerprint density at radius 3 is 2.10 bits per heavy atom. The summed E-state index contributed by atoms with van der Waals surface area (Å²) in [5.41, 5.74) is 2.01. The van der Waals surface area contributed by atoms with Gasteiger partial charge in [-0.3, -0.25) is 43.4 Å². The van der Waals surface area contributed by atoms with Gasteiger partial charge in [-0.05, 0) is 80.2 Å². The lowest BCUT2D eigenvalue weighted by molar-refractivity contribution is -0.148. The van der Waals surface area contributed by atoms with E-state index in [4.69, 9.17) is 9.47 Å². The number of carbonyl (C=O) groups excluding carboxylic acids is 7. The molecule has 16 heteroatoms. The second kappa shape index (κ2) is 23.2. The van der Waals surface area contributed by atoms with Crippen molar-refractivity contribution < 1.29 is 43.0 Å². The van der Waals surface area contributed by atoms with Crippen molar-refractivity contribution in [2.75, 3.05) is 40.2 Å². The SMILES string of the molecule is CC[C@H](C)[C@@H]([C@H](CC(=O)N1CCC[C@H]1[C@H](OC)[C@@H](C)C(=O)N[C@@H](Cc1ccccc1)C(=O)Nc1ccc(CN2C(=O)C=CC2=O)cc1)OC)N(C)C(=O)[C@@H](NC(=O)[C@@H]1[C@H]2CC[C@H](C2)N1C)C(C)C. The number of likely N-dealkylation sites (tertiary alicyclic amines) is 2. The fourth-order valence-corrected chi connectivity index (χ4v) is 10.9. The minimum atomic E-state index is -0.973. The topological polar surface area (TPSA) is 187 Å². The second-order valence-electron chi connectivity index (χ2n) is 19.7. The van der Waals surface area contributed by atoms with Crippen molar-refractivity contribution in [3.8, 4) is 0 Å². The number of rotatable bonds is 22. The van der Waals surface area contributed by atoms with E-state index in [0.29, 0.717) is 49.0 Å². The first-order valence-electron chi connectivity index (χ1n) is 24.4. The highest BCUT2D eigenvalue weighted by molar-refractivity contribution is 6.12. The summed E-state index contributed by atoms with van der Waals surface area (Å²) in [6.45, 7) is 10.2. The summed E-state index contributed by atoms with van der Waals surface area (Å²) < 4.78 is 12.1. The molecule has 16 nitrogen and oxygen atoms in total. The molecule has 3 aliphatic heterocycles. The molecule has 0 radical (unpaired) electrons. The van der Waals surface area contributed by atoms with Gasteiger partial charge in [-0.2, -0.15) is 0 Å². The van der Waals surface area contributed by atoms with Crippen molar-refractivity contribution in [2.24, 2.45) is 23.7 Å². The van der Waals surface area contributed by atoms with Gasteiger partial charge in [0, 0.05) is 58.1 Å². The number of hydrogen-bond acceptors (Lipinski definition) is 10. The van der Waals surface area contributed by atoms with Crippen LogP contribution in [0.25, 0.3) is 0 Å². The fourth-order valence-electron chi connectivity index (χ4n) is 10.9. The van der Waals surface area contributed by atoms with Crippen LogP contribution in [0.3, 0.4) is 0 Å². The fraction of sp³-hybridized carbons (Fsp3) is 0.596. The molecule has 0 spiro atoms. The third-order valence-electron chi connectivity index (χ3n) is 15.0. The number of ether oxygens (including phenoxy) is 2. The summed E-state index contributed by atoms with van der Waals surface area (Å²) in [7, 11) is 6.82. The number of anilines is 1. The third-order valence-corrected chi connectivity index (χ3v) is 15.0. The summed E-state index contributed by atoms with van der Waals surface area (Å²) in [6, 6.07) is 13.7. The number of methoxy groups -OCH3 is 2. The molecule has 3 heterocycles. The van der Waals surface area contributed by atoms with Crippen molar-refractivity contribution in [1.29, 1.82) is 0 Å². The molecule has 0 unspecified atom stereocenters. The van der Waals surface area contributed by atoms with E-state index in [0.717, 1.165) is 29.7 Å². The van der Waals surface area contributed by atoms with Gasteiger partial charge in [0.25, 0.3) is 11.8 Å². The summed E-state index contributed by atoms with van der Waals surface area (Å²) in [5.74, 6) is -2.85. The smallest absolute Gasteiger partial charge is 0.253 e. The van der Waals surface area contributed by atoms with Crippen molar-refractivity contribution in [1.82, 2.24) is 30.2 Å². The Labute approximate surface area is 401 Å². The molecule has 1 aliphatic carbocycles. The summed E-state index contributed by atoms with van der Waals surface area (Å²) >= 11 is 0. The van der Waals surface area contributed by atoms with Crippen LogP contribution in [0.2, 0.25) is 0 Å². The number of nitrogens with zero attached hydrogens (tertiary/aromatic N) is 4. The second-order valence-corrected chi connectivity index (χ2v) is 19.7. The molecule has 68 heavy (non-hydrogen) atoms. The zero-order valence-electron chi connectivity index (χ0n) is 41.3. The van der Waals surface area contributed by atoms with Crippen molar-refractivity contribution in [2.45, 2.75) is 141 Å². The Balaban J connectivity index is 1.11. The highest BCUT2D eigenvalue weighted by Gasteiger charge is 2.49. The highest BCUT2D eigenvalue weighted by Crippen LogP contribution is 2.41. The molecule has 1 saturated carbocycles. The standard InChI is InChI=1S/C52H73N7O9/c1-10-32(4)46(57(7)52(66)45(31(2)3)55-51(65)47-36-20-23-38(28-36)56(47)6)41(67-8)29-44(62)58-26-14-17-40(58)48(68-9)33(5)49(63)54-39(27-34-15-12-11-13-16-34)50(64)53-37-21-18-35(19-22-37)30-59-42(60)24-25-43(59)61/h11-13,15-16,18-19,21-22,24-25,31-33,36,38-41,45-48H,10,14,17,20,23,26-30H2,1-9H3,(H,53,64)(H,54,63)(H,55,65)/t32-,33+,36-,38+,39-,40-,41-,45-,46-,47-,48+/m0/s1. The van der Waals surface area contributed by atoms with Gasteiger partial charge in [0.15, 0.2) is 0 Å². The van der Waals surface area contributed by atoms with Crippen LogP contribution >= 0.6 is 0 Å². The Morgan fingerprint density at radius 1 is 0.838 bits per heavy atom. The third kappa shape index (κ3) is 11.9. The van der Waals surface area contributed by atoms with Gasteiger partial charge in [-0.15, -0.1) is 0 Å². The van der Waals surface area contributed by atoms with Crippen LogP contribution in [0.5, 0.6) is 0 Å². The number of benzene rings is 2. The lowest BCUT2D eigenvalue weighted by Crippen LogP contribution is -2.60. The molecule has 2 aromatic carbocycles. The Hall–Kier alpha value is -5.45. The van der Waals surface area contributed by atoms with Crippen LogP contribution in [-0.4, -0.2) is 144 Å². The number of piperidine rings is 1. The van der Waals surface area contributed by atoms with Crippen molar-refractivity contribution in [3.63, 3.8) is 0 Å². The van der Waals surface area contributed by atoms with Crippen LogP contribution in [0.15, 0.2) is 66.7 Å². The maximum absolute atomic E-state index is 14.5. The Kier molecular flexibility index (Phi) is 17.7. The molecule has 11 atom stereocenters. The van der Waals surface area contributed by atoms with Gasteiger partial charge in [-0.25, -0.2) is 0 Å². The van der Waals surface area contributed by atoms with Crippen LogP contribution < -0.4 is 16.0 Å².